The first-order chi connectivity index (χ1) is 10.8. The van der Waals surface area contributed by atoms with Gasteiger partial charge in [-0.05, 0) is 29.9 Å². The van der Waals surface area contributed by atoms with E-state index in [-0.39, 0.29) is 24.5 Å². The molecule has 0 saturated heterocycles. The number of aliphatic hydroxyl groups excluding tert-OH is 1. The average molecular weight is 295 g/mol. The van der Waals surface area contributed by atoms with Crippen molar-refractivity contribution in [2.24, 2.45) is 5.92 Å². The molecule has 0 spiro atoms. The van der Waals surface area contributed by atoms with E-state index >= 15 is 0 Å². The zero-order valence-electron chi connectivity index (χ0n) is 12.5. The summed E-state index contributed by atoms with van der Waals surface area (Å²) in [4.78, 5) is 12.3. The number of carbonyl (C=O) groups is 1. The first-order valence-corrected chi connectivity index (χ1v) is 7.78. The Bertz CT molecular complexity index is 612. The largest absolute Gasteiger partial charge is 0.394 e. The van der Waals surface area contributed by atoms with E-state index in [2.05, 4.69) is 17.4 Å². The summed E-state index contributed by atoms with van der Waals surface area (Å²) in [6, 6.07) is 19.9. The minimum absolute atomic E-state index is 0.0383. The van der Waals surface area contributed by atoms with Crippen LogP contribution in [-0.4, -0.2) is 23.7 Å². The first kappa shape index (κ1) is 14.8. The third kappa shape index (κ3) is 3.55. The smallest absolute Gasteiger partial charge is 0.224 e. The number of hydrogen-bond acceptors (Lipinski definition) is 2. The Balaban J connectivity index is 1.55. The van der Waals surface area contributed by atoms with Crippen molar-refractivity contribution in [2.45, 2.75) is 24.8 Å². The monoisotopic (exact) mass is 295 g/mol. The fourth-order valence-electron chi connectivity index (χ4n) is 2.92. The summed E-state index contributed by atoms with van der Waals surface area (Å²) in [6.07, 6.45) is 1.56. The van der Waals surface area contributed by atoms with Crippen molar-refractivity contribution in [1.29, 1.82) is 0 Å². The van der Waals surface area contributed by atoms with E-state index in [1.165, 1.54) is 5.56 Å². The van der Waals surface area contributed by atoms with E-state index in [9.17, 15) is 9.90 Å². The molecule has 0 aliphatic heterocycles. The van der Waals surface area contributed by atoms with Crippen LogP contribution in [-0.2, 0) is 11.2 Å². The van der Waals surface area contributed by atoms with Crippen molar-refractivity contribution in [3.63, 3.8) is 0 Å². The Morgan fingerprint density at radius 3 is 2.36 bits per heavy atom. The van der Waals surface area contributed by atoms with Gasteiger partial charge < -0.3 is 10.4 Å². The number of amides is 1. The number of hydrogen-bond donors (Lipinski definition) is 2. The fraction of sp³-hybridized carbons (Fsp3) is 0.316. The van der Waals surface area contributed by atoms with Gasteiger partial charge in [0.25, 0.3) is 0 Å². The van der Waals surface area contributed by atoms with Gasteiger partial charge >= 0.3 is 0 Å². The second-order valence-corrected chi connectivity index (χ2v) is 5.94. The molecule has 1 aliphatic carbocycles. The first-order valence-electron chi connectivity index (χ1n) is 7.78. The molecule has 3 rings (SSSR count). The van der Waals surface area contributed by atoms with Gasteiger partial charge in [-0.25, -0.2) is 0 Å². The predicted molar refractivity (Wildman–Crippen MR) is 86.5 cm³/mol. The van der Waals surface area contributed by atoms with Crippen molar-refractivity contribution < 1.29 is 9.90 Å². The molecule has 3 unspecified atom stereocenters. The van der Waals surface area contributed by atoms with E-state index in [0.29, 0.717) is 12.3 Å². The van der Waals surface area contributed by atoms with Gasteiger partial charge in [0, 0.05) is 5.92 Å². The fourth-order valence-corrected chi connectivity index (χ4v) is 2.92. The quantitative estimate of drug-likeness (QED) is 0.860. The summed E-state index contributed by atoms with van der Waals surface area (Å²) < 4.78 is 0. The van der Waals surface area contributed by atoms with Crippen LogP contribution in [0.4, 0.5) is 0 Å². The van der Waals surface area contributed by atoms with Crippen LogP contribution < -0.4 is 5.32 Å². The number of nitrogens with one attached hydrogen (secondary N) is 1. The highest BCUT2D eigenvalue weighted by Gasteiger charge is 2.44. The molecule has 1 saturated carbocycles. The third-order valence-electron chi connectivity index (χ3n) is 4.25. The molecular formula is C19H21NO2. The van der Waals surface area contributed by atoms with Crippen molar-refractivity contribution in [3.05, 3.63) is 71.8 Å². The maximum Gasteiger partial charge on any atom is 0.224 e. The SMILES string of the molecule is O=C(NC(CO)Cc1ccccc1)C1CC1c1ccccc1. The van der Waals surface area contributed by atoms with Crippen LogP contribution in [0.1, 0.15) is 23.5 Å². The van der Waals surface area contributed by atoms with Gasteiger partial charge in [0.05, 0.1) is 12.6 Å². The molecule has 3 nitrogen and oxygen atoms in total. The summed E-state index contributed by atoms with van der Waals surface area (Å²) in [5, 5.41) is 12.5. The highest BCUT2D eigenvalue weighted by atomic mass is 16.3. The van der Waals surface area contributed by atoms with Gasteiger partial charge in [-0.3, -0.25) is 4.79 Å². The van der Waals surface area contributed by atoms with Crippen LogP contribution in [0, 0.1) is 5.92 Å². The van der Waals surface area contributed by atoms with E-state index in [1.54, 1.807) is 0 Å². The summed E-state index contributed by atoms with van der Waals surface area (Å²) in [5.74, 6) is 0.438. The molecule has 1 amide bonds. The Morgan fingerprint density at radius 1 is 1.09 bits per heavy atom. The summed E-state index contributed by atoms with van der Waals surface area (Å²) in [7, 11) is 0. The minimum Gasteiger partial charge on any atom is -0.394 e. The Kier molecular flexibility index (Phi) is 4.54. The van der Waals surface area contributed by atoms with Crippen LogP contribution in [0.2, 0.25) is 0 Å². The van der Waals surface area contributed by atoms with Crippen molar-refractivity contribution in [3.8, 4) is 0 Å². The molecule has 3 atom stereocenters. The second-order valence-electron chi connectivity index (χ2n) is 5.94. The maximum absolute atomic E-state index is 12.3. The number of rotatable bonds is 6. The lowest BCUT2D eigenvalue weighted by atomic mass is 10.1. The van der Waals surface area contributed by atoms with E-state index < -0.39 is 0 Å². The predicted octanol–water partition coefficient (Wildman–Crippen LogP) is 2.51. The maximum atomic E-state index is 12.3. The molecule has 1 fully saturated rings. The number of benzene rings is 2. The molecule has 22 heavy (non-hydrogen) atoms. The van der Waals surface area contributed by atoms with Gasteiger partial charge in [-0.2, -0.15) is 0 Å². The molecule has 0 radical (unpaired) electrons. The summed E-state index contributed by atoms with van der Waals surface area (Å²) in [6.45, 7) is -0.0383. The lowest BCUT2D eigenvalue weighted by Crippen LogP contribution is -2.40. The van der Waals surface area contributed by atoms with Gasteiger partial charge in [0.1, 0.15) is 0 Å². The molecule has 2 aromatic rings. The number of aliphatic hydroxyl groups is 1. The molecule has 2 N–H and O–H groups in total. The van der Waals surface area contributed by atoms with Gasteiger partial charge in [0.2, 0.25) is 5.91 Å². The highest BCUT2D eigenvalue weighted by molar-refractivity contribution is 5.83. The van der Waals surface area contributed by atoms with Crippen molar-refractivity contribution >= 4 is 5.91 Å². The van der Waals surface area contributed by atoms with Crippen molar-refractivity contribution in [2.75, 3.05) is 6.61 Å². The zero-order valence-corrected chi connectivity index (χ0v) is 12.5. The lowest BCUT2D eigenvalue weighted by Gasteiger charge is -2.16. The van der Waals surface area contributed by atoms with Gasteiger partial charge in [0.15, 0.2) is 0 Å². The second kappa shape index (κ2) is 6.75. The molecular weight excluding hydrogens is 274 g/mol. The molecule has 0 bridgehead atoms. The zero-order chi connectivity index (χ0) is 15.4. The van der Waals surface area contributed by atoms with Gasteiger partial charge in [-0.1, -0.05) is 60.7 Å². The Morgan fingerprint density at radius 2 is 1.73 bits per heavy atom. The summed E-state index contributed by atoms with van der Waals surface area (Å²) in [5.41, 5.74) is 2.35. The molecule has 2 aromatic carbocycles. The van der Waals surface area contributed by atoms with Crippen LogP contribution in [0.15, 0.2) is 60.7 Å². The molecule has 1 aliphatic rings. The van der Waals surface area contributed by atoms with Crippen LogP contribution in [0.25, 0.3) is 0 Å². The molecule has 0 heterocycles. The third-order valence-corrected chi connectivity index (χ3v) is 4.25. The van der Waals surface area contributed by atoms with E-state index in [4.69, 9.17) is 0 Å². The van der Waals surface area contributed by atoms with E-state index in [1.807, 2.05) is 48.5 Å². The van der Waals surface area contributed by atoms with Crippen LogP contribution >= 0.6 is 0 Å². The van der Waals surface area contributed by atoms with Crippen LogP contribution in [0.3, 0.4) is 0 Å². The Hall–Kier alpha value is -2.13. The molecule has 114 valence electrons. The standard InChI is InChI=1S/C19H21NO2/c21-13-16(11-14-7-3-1-4-8-14)20-19(22)18-12-17(18)15-9-5-2-6-10-15/h1-10,16-18,21H,11-13H2,(H,20,22). The van der Waals surface area contributed by atoms with Crippen LogP contribution in [0.5, 0.6) is 0 Å². The van der Waals surface area contributed by atoms with E-state index in [0.717, 1.165) is 12.0 Å². The lowest BCUT2D eigenvalue weighted by molar-refractivity contribution is -0.123. The van der Waals surface area contributed by atoms with Crippen molar-refractivity contribution in [1.82, 2.24) is 5.32 Å². The highest BCUT2D eigenvalue weighted by Crippen LogP contribution is 2.47. The summed E-state index contributed by atoms with van der Waals surface area (Å²) >= 11 is 0. The minimum atomic E-state index is -0.216. The molecule has 0 aromatic heterocycles. The number of carbonyl (C=O) groups excluding carboxylic acids is 1. The average Bonchev–Trinajstić information content (AvgIpc) is 3.37. The Labute approximate surface area is 131 Å². The normalized spacial score (nSPS) is 21.1. The van der Waals surface area contributed by atoms with Gasteiger partial charge in [-0.15, -0.1) is 0 Å². The topological polar surface area (TPSA) is 49.3 Å². The molecule has 3 heteroatoms.